The van der Waals surface area contributed by atoms with Crippen molar-refractivity contribution in [1.82, 2.24) is 15.1 Å². The summed E-state index contributed by atoms with van der Waals surface area (Å²) in [5.41, 5.74) is 2.48. The minimum absolute atomic E-state index is 0. The van der Waals surface area contributed by atoms with Crippen molar-refractivity contribution in [2.75, 3.05) is 32.7 Å². The molecular weight excluding hydrogens is 390 g/mol. The zero-order chi connectivity index (χ0) is 20.3. The van der Waals surface area contributed by atoms with E-state index in [1.165, 1.54) is 11.1 Å². The highest BCUT2D eigenvalue weighted by Crippen LogP contribution is 2.25. The van der Waals surface area contributed by atoms with Gasteiger partial charge in [0.25, 0.3) is 5.91 Å². The van der Waals surface area contributed by atoms with Gasteiger partial charge in [-0.25, -0.2) is 0 Å². The third-order valence-corrected chi connectivity index (χ3v) is 5.80. The van der Waals surface area contributed by atoms with Gasteiger partial charge in [0.05, 0.1) is 6.54 Å². The Bertz CT molecular complexity index is 725. The topological polar surface area (TPSA) is 61.9 Å². The van der Waals surface area contributed by atoms with Gasteiger partial charge in [-0.3, -0.25) is 9.59 Å². The largest absolute Gasteiger partial charge is 0.481 e. The molecule has 2 aliphatic rings. The molecule has 2 unspecified atom stereocenters. The predicted molar refractivity (Wildman–Crippen MR) is 117 cm³/mol. The molecule has 0 aromatic heterocycles. The van der Waals surface area contributed by atoms with Gasteiger partial charge in [-0.1, -0.05) is 19.9 Å². The van der Waals surface area contributed by atoms with Crippen LogP contribution < -0.4 is 10.1 Å². The minimum Gasteiger partial charge on any atom is -0.481 e. The van der Waals surface area contributed by atoms with Crippen LogP contribution in [0.5, 0.6) is 5.75 Å². The molecule has 29 heavy (non-hydrogen) atoms. The molecule has 2 atom stereocenters. The Labute approximate surface area is 180 Å². The van der Waals surface area contributed by atoms with Crippen molar-refractivity contribution in [2.45, 2.75) is 58.6 Å². The van der Waals surface area contributed by atoms with Crippen LogP contribution >= 0.6 is 12.4 Å². The van der Waals surface area contributed by atoms with Crippen LogP contribution in [0.1, 0.15) is 50.7 Å². The van der Waals surface area contributed by atoms with Gasteiger partial charge in [0.1, 0.15) is 5.75 Å². The lowest BCUT2D eigenvalue weighted by Crippen LogP contribution is -2.58. The van der Waals surface area contributed by atoms with Crippen LogP contribution in [-0.4, -0.2) is 66.5 Å². The first-order chi connectivity index (χ1) is 13.4. The summed E-state index contributed by atoms with van der Waals surface area (Å²) < 4.78 is 5.97. The van der Waals surface area contributed by atoms with E-state index in [4.69, 9.17) is 4.74 Å². The SMILES string of the molecule is Cc1cc(OC(C)C(=O)N2CCCC(N3CCNCC3=O)C2)ccc1C(C)C.Cl. The number of halogens is 1. The van der Waals surface area contributed by atoms with Gasteiger partial charge in [0.15, 0.2) is 6.10 Å². The Morgan fingerprint density at radius 2 is 2.00 bits per heavy atom. The Hall–Kier alpha value is -1.79. The highest BCUT2D eigenvalue weighted by Gasteiger charge is 2.33. The normalized spacial score (nSPS) is 21.0. The van der Waals surface area contributed by atoms with Gasteiger partial charge in [-0.05, 0) is 55.9 Å². The number of hydrogen-bond donors (Lipinski definition) is 1. The summed E-state index contributed by atoms with van der Waals surface area (Å²) in [4.78, 5) is 28.9. The summed E-state index contributed by atoms with van der Waals surface area (Å²) in [6, 6.07) is 6.16. The average Bonchev–Trinajstić information content (AvgIpc) is 2.67. The van der Waals surface area contributed by atoms with Crippen molar-refractivity contribution in [1.29, 1.82) is 0 Å². The molecule has 0 radical (unpaired) electrons. The Morgan fingerprint density at radius 3 is 2.66 bits per heavy atom. The number of ether oxygens (including phenoxy) is 1. The number of nitrogens with one attached hydrogen (secondary N) is 1. The van der Waals surface area contributed by atoms with E-state index >= 15 is 0 Å². The van der Waals surface area contributed by atoms with Crippen LogP contribution in [0, 0.1) is 6.92 Å². The first-order valence-corrected chi connectivity index (χ1v) is 10.4. The van der Waals surface area contributed by atoms with Crippen molar-refractivity contribution < 1.29 is 14.3 Å². The van der Waals surface area contributed by atoms with Crippen LogP contribution in [0.4, 0.5) is 0 Å². The molecule has 0 saturated carbocycles. The number of aryl methyl sites for hydroxylation is 1. The van der Waals surface area contributed by atoms with E-state index in [-0.39, 0.29) is 30.3 Å². The summed E-state index contributed by atoms with van der Waals surface area (Å²) in [6.45, 7) is 11.5. The molecule has 2 fully saturated rings. The van der Waals surface area contributed by atoms with E-state index in [0.717, 1.165) is 38.2 Å². The summed E-state index contributed by atoms with van der Waals surface area (Å²) >= 11 is 0. The van der Waals surface area contributed by atoms with Crippen molar-refractivity contribution in [3.05, 3.63) is 29.3 Å². The third-order valence-electron chi connectivity index (χ3n) is 5.80. The molecule has 6 nitrogen and oxygen atoms in total. The fourth-order valence-corrected chi connectivity index (χ4v) is 4.30. The second-order valence-electron chi connectivity index (χ2n) is 8.28. The molecule has 2 amide bonds. The van der Waals surface area contributed by atoms with Gasteiger partial charge in [0.2, 0.25) is 5.91 Å². The molecule has 0 bridgehead atoms. The predicted octanol–water partition coefficient (Wildman–Crippen LogP) is 2.73. The third kappa shape index (κ3) is 5.64. The smallest absolute Gasteiger partial charge is 0.263 e. The molecule has 2 heterocycles. The van der Waals surface area contributed by atoms with E-state index < -0.39 is 6.10 Å². The monoisotopic (exact) mass is 423 g/mol. The maximum atomic E-state index is 13.0. The van der Waals surface area contributed by atoms with Crippen LogP contribution in [0.15, 0.2) is 18.2 Å². The van der Waals surface area contributed by atoms with Crippen LogP contribution in [0.3, 0.4) is 0 Å². The maximum Gasteiger partial charge on any atom is 0.263 e. The molecule has 2 saturated heterocycles. The Balaban J connectivity index is 0.00000300. The van der Waals surface area contributed by atoms with Crippen molar-refractivity contribution in [2.24, 2.45) is 0 Å². The molecular formula is C22H34ClN3O3. The number of benzene rings is 1. The Kier molecular flexibility index (Phi) is 8.34. The zero-order valence-corrected chi connectivity index (χ0v) is 18.8. The van der Waals surface area contributed by atoms with Gasteiger partial charge in [-0.2, -0.15) is 0 Å². The van der Waals surface area contributed by atoms with E-state index in [1.807, 2.05) is 28.9 Å². The second-order valence-corrected chi connectivity index (χ2v) is 8.28. The van der Waals surface area contributed by atoms with Crippen molar-refractivity contribution >= 4 is 24.2 Å². The maximum absolute atomic E-state index is 13.0. The molecule has 1 aromatic rings. The number of piperazine rings is 1. The summed E-state index contributed by atoms with van der Waals surface area (Å²) in [7, 11) is 0. The summed E-state index contributed by atoms with van der Waals surface area (Å²) in [6.07, 6.45) is 1.34. The van der Waals surface area contributed by atoms with Gasteiger partial charge in [-0.15, -0.1) is 12.4 Å². The molecule has 162 valence electrons. The number of nitrogens with zero attached hydrogens (tertiary/aromatic N) is 2. The number of carbonyl (C=O) groups is 2. The number of hydrogen-bond acceptors (Lipinski definition) is 4. The molecule has 1 aromatic carbocycles. The summed E-state index contributed by atoms with van der Waals surface area (Å²) in [5, 5.41) is 3.11. The Morgan fingerprint density at radius 1 is 1.24 bits per heavy atom. The first-order valence-electron chi connectivity index (χ1n) is 10.4. The highest BCUT2D eigenvalue weighted by molar-refractivity contribution is 5.85. The molecule has 3 rings (SSSR count). The number of rotatable bonds is 5. The standard InChI is InChI=1S/C22H33N3O3.ClH/c1-15(2)20-8-7-19(12-16(20)3)28-17(4)22(27)24-10-5-6-18(14-24)25-11-9-23-13-21(25)26;/h7-8,12,15,17-18,23H,5-6,9-11,13-14H2,1-4H3;1H. The van der Waals surface area contributed by atoms with E-state index in [1.54, 1.807) is 0 Å². The lowest BCUT2D eigenvalue weighted by atomic mass is 9.98. The second kappa shape index (κ2) is 10.3. The number of piperidine rings is 1. The average molecular weight is 424 g/mol. The number of likely N-dealkylation sites (tertiary alicyclic amines) is 1. The molecule has 1 N–H and O–H groups in total. The fourth-order valence-electron chi connectivity index (χ4n) is 4.30. The highest BCUT2D eigenvalue weighted by atomic mass is 35.5. The quantitative estimate of drug-likeness (QED) is 0.791. The first kappa shape index (κ1) is 23.5. The van der Waals surface area contributed by atoms with E-state index in [2.05, 4.69) is 32.2 Å². The molecule has 2 aliphatic heterocycles. The lowest BCUT2D eigenvalue weighted by molar-refractivity contribution is -0.144. The van der Waals surface area contributed by atoms with E-state index in [9.17, 15) is 9.59 Å². The minimum atomic E-state index is -0.540. The van der Waals surface area contributed by atoms with Crippen molar-refractivity contribution in [3.8, 4) is 5.75 Å². The molecule has 0 spiro atoms. The molecule has 0 aliphatic carbocycles. The summed E-state index contributed by atoms with van der Waals surface area (Å²) in [5.74, 6) is 1.33. The van der Waals surface area contributed by atoms with Crippen molar-refractivity contribution in [3.63, 3.8) is 0 Å². The van der Waals surface area contributed by atoms with Crippen LogP contribution in [0.2, 0.25) is 0 Å². The van der Waals surface area contributed by atoms with Crippen LogP contribution in [-0.2, 0) is 9.59 Å². The van der Waals surface area contributed by atoms with E-state index in [0.29, 0.717) is 19.0 Å². The number of amides is 2. The fraction of sp³-hybridized carbons (Fsp3) is 0.636. The zero-order valence-electron chi connectivity index (χ0n) is 17.9. The van der Waals surface area contributed by atoms with Gasteiger partial charge >= 0.3 is 0 Å². The van der Waals surface area contributed by atoms with Gasteiger partial charge in [0, 0.05) is 32.2 Å². The number of carbonyl (C=O) groups excluding carboxylic acids is 2. The molecule has 7 heteroatoms. The lowest BCUT2D eigenvalue weighted by Gasteiger charge is -2.41. The van der Waals surface area contributed by atoms with Crippen LogP contribution in [0.25, 0.3) is 0 Å². The van der Waals surface area contributed by atoms with Gasteiger partial charge < -0.3 is 19.9 Å².